The summed E-state index contributed by atoms with van der Waals surface area (Å²) in [7, 11) is 0. The van der Waals surface area contributed by atoms with E-state index in [1.54, 1.807) is 6.26 Å². The van der Waals surface area contributed by atoms with Crippen molar-refractivity contribution in [3.8, 4) is 11.5 Å². The molecule has 2 N–H and O–H groups in total. The van der Waals surface area contributed by atoms with Crippen molar-refractivity contribution in [1.82, 2.24) is 15.6 Å². The van der Waals surface area contributed by atoms with Crippen LogP contribution in [0.25, 0.3) is 11.5 Å². The fraction of sp³-hybridized carbons (Fsp3) is 0.360. The van der Waals surface area contributed by atoms with Gasteiger partial charge in [0, 0.05) is 30.9 Å². The highest BCUT2D eigenvalue weighted by molar-refractivity contribution is 14.0. The van der Waals surface area contributed by atoms with Gasteiger partial charge < -0.3 is 24.7 Å². The van der Waals surface area contributed by atoms with Gasteiger partial charge in [-0.25, -0.2) is 9.98 Å². The molecular formula is C25H32IN5O2. The number of oxazole rings is 1. The van der Waals surface area contributed by atoms with Gasteiger partial charge in [0.15, 0.2) is 5.96 Å². The number of aromatic nitrogens is 1. The average molecular weight is 561 g/mol. The zero-order chi connectivity index (χ0) is 22.2. The zero-order valence-corrected chi connectivity index (χ0v) is 21.5. The first-order valence-electron chi connectivity index (χ1n) is 11.2. The summed E-state index contributed by atoms with van der Waals surface area (Å²) in [5.74, 6) is 1.38. The number of rotatable bonds is 7. The highest BCUT2D eigenvalue weighted by Gasteiger charge is 2.11. The van der Waals surface area contributed by atoms with E-state index in [-0.39, 0.29) is 24.0 Å². The lowest BCUT2D eigenvalue weighted by Crippen LogP contribution is -2.36. The van der Waals surface area contributed by atoms with Crippen LogP contribution in [0.4, 0.5) is 5.69 Å². The first-order chi connectivity index (χ1) is 15.7. The standard InChI is InChI=1S/C25H31N5O2.HI/c1-3-26-25(27-16-20-6-10-23(11-7-20)30-12-14-31-15-13-30)28-17-22-18-32-24(29-22)21-8-4-19(2)5-9-21;/h4-11,18H,3,12-17H2,1-2H3,(H2,26,27,28);1H. The molecule has 2 aromatic carbocycles. The van der Waals surface area contributed by atoms with Crippen molar-refractivity contribution < 1.29 is 9.15 Å². The van der Waals surface area contributed by atoms with Gasteiger partial charge >= 0.3 is 0 Å². The van der Waals surface area contributed by atoms with Crippen LogP contribution in [0.2, 0.25) is 0 Å². The van der Waals surface area contributed by atoms with Crippen LogP contribution in [0.5, 0.6) is 0 Å². The summed E-state index contributed by atoms with van der Waals surface area (Å²) < 4.78 is 11.1. The summed E-state index contributed by atoms with van der Waals surface area (Å²) in [6, 6.07) is 16.8. The molecule has 1 fully saturated rings. The Bertz CT molecular complexity index is 1010. The van der Waals surface area contributed by atoms with Crippen LogP contribution in [-0.2, 0) is 17.8 Å². The Hall–Kier alpha value is -2.59. The van der Waals surface area contributed by atoms with Crippen LogP contribution in [0.15, 0.2) is 64.2 Å². The number of hydrogen-bond donors (Lipinski definition) is 2. The summed E-state index contributed by atoms with van der Waals surface area (Å²) in [6.07, 6.45) is 1.69. The highest BCUT2D eigenvalue weighted by atomic mass is 127. The molecular weight excluding hydrogens is 529 g/mol. The summed E-state index contributed by atoms with van der Waals surface area (Å²) in [5.41, 5.74) is 5.43. The first kappa shape index (κ1) is 25.0. The molecule has 0 radical (unpaired) electrons. The van der Waals surface area contributed by atoms with Crippen molar-refractivity contribution in [1.29, 1.82) is 0 Å². The minimum atomic E-state index is 0. The molecule has 1 aliphatic heterocycles. The summed E-state index contributed by atoms with van der Waals surface area (Å²) in [5, 5.41) is 6.63. The van der Waals surface area contributed by atoms with Gasteiger partial charge in [0.05, 0.1) is 32.0 Å². The Balaban J connectivity index is 0.00000306. The van der Waals surface area contributed by atoms with E-state index in [0.717, 1.165) is 50.1 Å². The summed E-state index contributed by atoms with van der Waals surface area (Å²) in [6.45, 7) is 9.52. The van der Waals surface area contributed by atoms with E-state index in [0.29, 0.717) is 19.0 Å². The molecule has 176 valence electrons. The molecule has 0 saturated carbocycles. The third-order valence-electron chi connectivity index (χ3n) is 5.36. The average Bonchev–Trinajstić information content (AvgIpc) is 3.31. The normalized spacial score (nSPS) is 14.0. The van der Waals surface area contributed by atoms with Crippen LogP contribution < -0.4 is 15.5 Å². The molecule has 0 atom stereocenters. The van der Waals surface area contributed by atoms with Crippen molar-refractivity contribution in [2.75, 3.05) is 37.7 Å². The van der Waals surface area contributed by atoms with E-state index in [4.69, 9.17) is 14.1 Å². The van der Waals surface area contributed by atoms with E-state index >= 15 is 0 Å². The number of nitrogens with zero attached hydrogens (tertiary/aromatic N) is 3. The number of halogens is 1. The third kappa shape index (κ3) is 7.20. The van der Waals surface area contributed by atoms with Gasteiger partial charge in [-0.1, -0.05) is 29.8 Å². The van der Waals surface area contributed by atoms with Crippen molar-refractivity contribution in [2.24, 2.45) is 4.99 Å². The molecule has 0 unspecified atom stereocenters. The van der Waals surface area contributed by atoms with Gasteiger partial charge in [-0.2, -0.15) is 0 Å². The molecule has 0 aliphatic carbocycles. The highest BCUT2D eigenvalue weighted by Crippen LogP contribution is 2.19. The predicted octanol–water partition coefficient (Wildman–Crippen LogP) is 4.36. The number of nitrogens with one attached hydrogen (secondary N) is 2. The minimum Gasteiger partial charge on any atom is -0.444 e. The Kier molecular flexibility index (Phi) is 9.56. The molecule has 7 nitrogen and oxygen atoms in total. The largest absolute Gasteiger partial charge is 0.444 e. The van der Waals surface area contributed by atoms with Gasteiger partial charge in [-0.05, 0) is 43.7 Å². The molecule has 33 heavy (non-hydrogen) atoms. The second-order valence-corrected chi connectivity index (χ2v) is 7.82. The van der Waals surface area contributed by atoms with Crippen LogP contribution in [0.3, 0.4) is 0 Å². The maximum absolute atomic E-state index is 5.65. The Morgan fingerprint density at radius 3 is 2.45 bits per heavy atom. The zero-order valence-electron chi connectivity index (χ0n) is 19.2. The maximum Gasteiger partial charge on any atom is 0.226 e. The fourth-order valence-electron chi connectivity index (χ4n) is 3.54. The molecule has 8 heteroatoms. The number of benzene rings is 2. The van der Waals surface area contributed by atoms with Crippen molar-refractivity contribution in [3.63, 3.8) is 0 Å². The lowest BCUT2D eigenvalue weighted by atomic mass is 10.1. The Labute approximate surface area is 212 Å². The number of aliphatic imine (C=N–C) groups is 1. The monoisotopic (exact) mass is 561 g/mol. The van der Waals surface area contributed by atoms with E-state index in [2.05, 4.69) is 70.8 Å². The predicted molar refractivity (Wildman–Crippen MR) is 143 cm³/mol. The number of anilines is 1. The van der Waals surface area contributed by atoms with Crippen LogP contribution in [0.1, 0.15) is 23.7 Å². The molecule has 1 saturated heterocycles. The molecule has 1 aliphatic rings. The van der Waals surface area contributed by atoms with Gasteiger partial charge in [0.2, 0.25) is 5.89 Å². The summed E-state index contributed by atoms with van der Waals surface area (Å²) in [4.78, 5) is 11.7. The van der Waals surface area contributed by atoms with Gasteiger partial charge in [-0.15, -0.1) is 24.0 Å². The molecule has 0 amide bonds. The van der Waals surface area contributed by atoms with Gasteiger partial charge in [0.25, 0.3) is 0 Å². The number of aryl methyl sites for hydroxylation is 1. The quantitative estimate of drug-likeness (QED) is 0.254. The molecule has 0 spiro atoms. The fourth-order valence-corrected chi connectivity index (χ4v) is 3.54. The second kappa shape index (κ2) is 12.6. The van der Waals surface area contributed by atoms with Crippen molar-refractivity contribution in [3.05, 3.63) is 71.6 Å². The van der Waals surface area contributed by atoms with Crippen molar-refractivity contribution in [2.45, 2.75) is 26.9 Å². The smallest absolute Gasteiger partial charge is 0.226 e. The lowest BCUT2D eigenvalue weighted by Gasteiger charge is -2.28. The third-order valence-corrected chi connectivity index (χ3v) is 5.36. The molecule has 3 aromatic rings. The summed E-state index contributed by atoms with van der Waals surface area (Å²) >= 11 is 0. The van der Waals surface area contributed by atoms with Crippen LogP contribution >= 0.6 is 24.0 Å². The Morgan fingerprint density at radius 1 is 1.03 bits per heavy atom. The van der Waals surface area contributed by atoms with Crippen LogP contribution in [0, 0.1) is 6.92 Å². The SMILES string of the molecule is CCNC(=NCc1ccc(N2CCOCC2)cc1)NCc1coc(-c2ccc(C)cc2)n1.I. The minimum absolute atomic E-state index is 0. The van der Waals surface area contributed by atoms with E-state index < -0.39 is 0 Å². The first-order valence-corrected chi connectivity index (χ1v) is 11.2. The Morgan fingerprint density at radius 2 is 1.76 bits per heavy atom. The second-order valence-electron chi connectivity index (χ2n) is 7.82. The topological polar surface area (TPSA) is 74.9 Å². The lowest BCUT2D eigenvalue weighted by molar-refractivity contribution is 0.122. The van der Waals surface area contributed by atoms with E-state index in [9.17, 15) is 0 Å². The van der Waals surface area contributed by atoms with E-state index in [1.807, 2.05) is 12.1 Å². The number of morpholine rings is 1. The number of guanidine groups is 1. The molecule has 4 rings (SSSR count). The van der Waals surface area contributed by atoms with Gasteiger partial charge in [-0.3, -0.25) is 0 Å². The van der Waals surface area contributed by atoms with Gasteiger partial charge in [0.1, 0.15) is 6.26 Å². The maximum atomic E-state index is 5.65. The van der Waals surface area contributed by atoms with Crippen LogP contribution in [-0.4, -0.2) is 43.8 Å². The van der Waals surface area contributed by atoms with Crippen molar-refractivity contribution >= 4 is 35.6 Å². The molecule has 2 heterocycles. The molecule has 0 bridgehead atoms. The van der Waals surface area contributed by atoms with E-state index in [1.165, 1.54) is 16.8 Å². The number of hydrogen-bond acceptors (Lipinski definition) is 5. The number of ether oxygens (including phenoxy) is 1. The molecule has 1 aromatic heterocycles.